The van der Waals surface area contributed by atoms with Crippen LogP contribution in [0.15, 0.2) is 6.20 Å². The van der Waals surface area contributed by atoms with Crippen LogP contribution in [-0.2, 0) is 6.42 Å². The Hall–Kier alpha value is -0.930. The Morgan fingerprint density at radius 1 is 1.47 bits per heavy atom. The van der Waals surface area contributed by atoms with Crippen molar-refractivity contribution in [3.63, 3.8) is 0 Å². The second kappa shape index (κ2) is 6.53. The average molecular weight is 213 g/mol. The van der Waals surface area contributed by atoms with E-state index in [-0.39, 0.29) is 6.67 Å². The zero-order valence-corrected chi connectivity index (χ0v) is 9.62. The van der Waals surface area contributed by atoms with E-state index in [0.29, 0.717) is 12.5 Å². The minimum Gasteiger partial charge on any atom is -0.251 e. The molecule has 0 radical (unpaired) electrons. The number of aromatic nitrogens is 3. The summed E-state index contributed by atoms with van der Waals surface area (Å²) in [5.41, 5.74) is 0.750. The topological polar surface area (TPSA) is 30.7 Å². The maximum absolute atomic E-state index is 12.1. The van der Waals surface area contributed by atoms with Crippen LogP contribution in [0.2, 0.25) is 0 Å². The highest BCUT2D eigenvalue weighted by molar-refractivity contribution is 4.93. The molecule has 1 heterocycles. The molecule has 0 aliphatic heterocycles. The van der Waals surface area contributed by atoms with Crippen molar-refractivity contribution in [3.8, 4) is 0 Å². The number of halogens is 1. The minimum atomic E-state index is -0.358. The van der Waals surface area contributed by atoms with E-state index in [1.165, 1.54) is 19.3 Å². The number of hydrogen-bond acceptors (Lipinski definition) is 2. The zero-order chi connectivity index (χ0) is 11.1. The molecule has 0 saturated carbocycles. The van der Waals surface area contributed by atoms with E-state index in [0.717, 1.165) is 12.1 Å². The van der Waals surface area contributed by atoms with Crippen LogP contribution in [0.25, 0.3) is 0 Å². The fourth-order valence-electron chi connectivity index (χ4n) is 1.56. The summed E-state index contributed by atoms with van der Waals surface area (Å²) in [5, 5.41) is 7.94. The molecule has 0 amide bonds. The lowest BCUT2D eigenvalue weighted by Gasteiger charge is -2.09. The Morgan fingerprint density at radius 2 is 2.27 bits per heavy atom. The molecule has 1 aromatic rings. The van der Waals surface area contributed by atoms with Gasteiger partial charge in [0.2, 0.25) is 0 Å². The molecule has 0 N–H and O–H groups in total. The highest BCUT2D eigenvalue weighted by Gasteiger charge is 2.07. The van der Waals surface area contributed by atoms with E-state index in [9.17, 15) is 4.39 Å². The summed E-state index contributed by atoms with van der Waals surface area (Å²) in [5.74, 6) is 0. The molecule has 4 heteroatoms. The lowest BCUT2D eigenvalue weighted by molar-refractivity contribution is 0.428. The summed E-state index contributed by atoms with van der Waals surface area (Å²) in [6.07, 6.45) is 7.06. The third-order valence-electron chi connectivity index (χ3n) is 2.59. The molecule has 3 nitrogen and oxygen atoms in total. The second-order valence-corrected chi connectivity index (χ2v) is 3.97. The van der Waals surface area contributed by atoms with E-state index in [4.69, 9.17) is 0 Å². The van der Waals surface area contributed by atoms with Crippen molar-refractivity contribution < 1.29 is 4.39 Å². The van der Waals surface area contributed by atoms with Gasteiger partial charge in [-0.15, -0.1) is 5.10 Å². The Bertz CT molecular complexity index is 273. The number of rotatable bonds is 7. The molecule has 1 rings (SSSR count). The lowest BCUT2D eigenvalue weighted by atomic mass is 10.1. The van der Waals surface area contributed by atoms with E-state index in [1.807, 2.05) is 10.9 Å². The first-order valence-corrected chi connectivity index (χ1v) is 5.74. The fourth-order valence-corrected chi connectivity index (χ4v) is 1.56. The van der Waals surface area contributed by atoms with Crippen molar-refractivity contribution in [3.05, 3.63) is 11.9 Å². The molecule has 0 aromatic carbocycles. The van der Waals surface area contributed by atoms with Gasteiger partial charge in [0.05, 0.1) is 18.4 Å². The normalized spacial score (nSPS) is 13.0. The third kappa shape index (κ3) is 3.98. The molecule has 1 aromatic heterocycles. The van der Waals surface area contributed by atoms with Gasteiger partial charge in [-0.1, -0.05) is 31.4 Å². The summed E-state index contributed by atoms with van der Waals surface area (Å²) < 4.78 is 13.9. The molecular weight excluding hydrogens is 193 g/mol. The first kappa shape index (κ1) is 12.1. The summed E-state index contributed by atoms with van der Waals surface area (Å²) in [6.45, 7) is 3.96. The van der Waals surface area contributed by atoms with Crippen molar-refractivity contribution in [2.24, 2.45) is 0 Å². The number of alkyl halides is 1. The highest BCUT2D eigenvalue weighted by Crippen LogP contribution is 2.14. The second-order valence-electron chi connectivity index (χ2n) is 3.97. The number of unbranched alkanes of at least 4 members (excludes halogenated alkanes) is 2. The van der Waals surface area contributed by atoms with Crippen molar-refractivity contribution in [1.82, 2.24) is 15.0 Å². The van der Waals surface area contributed by atoms with Crippen LogP contribution in [-0.4, -0.2) is 21.7 Å². The van der Waals surface area contributed by atoms with E-state index in [1.54, 1.807) is 0 Å². The van der Waals surface area contributed by atoms with E-state index >= 15 is 0 Å². The van der Waals surface area contributed by atoms with Crippen LogP contribution in [0.4, 0.5) is 4.39 Å². The Labute approximate surface area is 90.7 Å². The molecular formula is C11H20FN3. The van der Waals surface area contributed by atoms with Crippen LogP contribution in [0.3, 0.4) is 0 Å². The van der Waals surface area contributed by atoms with Crippen molar-refractivity contribution in [2.75, 3.05) is 6.67 Å². The highest BCUT2D eigenvalue weighted by atomic mass is 19.1. The summed E-state index contributed by atoms with van der Waals surface area (Å²) >= 11 is 0. The minimum absolute atomic E-state index is 0.358. The molecule has 0 bridgehead atoms. The van der Waals surface area contributed by atoms with Gasteiger partial charge in [0, 0.05) is 12.6 Å². The predicted molar refractivity (Wildman–Crippen MR) is 58.6 cm³/mol. The standard InChI is InChI=1S/C11H20FN3/c1-3-4-5-6-10(2)15-9-11(7-8-12)13-14-15/h9-10H,3-8H2,1-2H3. The maximum Gasteiger partial charge on any atom is 0.0951 e. The quantitative estimate of drug-likeness (QED) is 0.652. The van der Waals surface area contributed by atoms with Crippen molar-refractivity contribution >= 4 is 0 Å². The molecule has 15 heavy (non-hydrogen) atoms. The van der Waals surface area contributed by atoms with Gasteiger partial charge in [-0.25, -0.2) is 4.68 Å². The molecule has 0 fully saturated rings. The SMILES string of the molecule is CCCCCC(C)n1cc(CCF)nn1. The molecule has 0 aliphatic rings. The van der Waals surface area contributed by atoms with Gasteiger partial charge >= 0.3 is 0 Å². The van der Waals surface area contributed by atoms with Crippen molar-refractivity contribution in [1.29, 1.82) is 0 Å². The Kier molecular flexibility index (Phi) is 5.29. The molecule has 0 aliphatic carbocycles. The van der Waals surface area contributed by atoms with Crippen LogP contribution in [0, 0.1) is 0 Å². The first-order valence-electron chi connectivity index (χ1n) is 5.74. The number of hydrogen-bond donors (Lipinski definition) is 0. The Morgan fingerprint density at radius 3 is 2.93 bits per heavy atom. The summed E-state index contributed by atoms with van der Waals surface area (Å²) in [6, 6.07) is 0.373. The van der Waals surface area contributed by atoms with Crippen LogP contribution in [0.1, 0.15) is 51.3 Å². The smallest absolute Gasteiger partial charge is 0.0951 e. The van der Waals surface area contributed by atoms with Gasteiger partial charge < -0.3 is 0 Å². The van der Waals surface area contributed by atoms with E-state index < -0.39 is 0 Å². The van der Waals surface area contributed by atoms with Crippen LogP contribution >= 0.6 is 0 Å². The van der Waals surface area contributed by atoms with Crippen molar-refractivity contribution in [2.45, 2.75) is 52.0 Å². The van der Waals surface area contributed by atoms with Gasteiger partial charge in [0.15, 0.2) is 0 Å². The van der Waals surface area contributed by atoms with Gasteiger partial charge in [0.1, 0.15) is 0 Å². The third-order valence-corrected chi connectivity index (χ3v) is 2.59. The summed E-state index contributed by atoms with van der Waals surface area (Å²) in [4.78, 5) is 0. The molecule has 86 valence electrons. The molecule has 1 atom stereocenters. The average Bonchev–Trinajstić information content (AvgIpc) is 2.67. The number of nitrogens with zero attached hydrogens (tertiary/aromatic N) is 3. The monoisotopic (exact) mass is 213 g/mol. The first-order chi connectivity index (χ1) is 7.27. The fraction of sp³-hybridized carbons (Fsp3) is 0.818. The van der Waals surface area contributed by atoms with Gasteiger partial charge in [-0.3, -0.25) is 4.39 Å². The maximum atomic E-state index is 12.1. The number of aryl methyl sites for hydroxylation is 1. The molecule has 0 saturated heterocycles. The predicted octanol–water partition coefficient (Wildman–Crippen LogP) is 2.93. The van der Waals surface area contributed by atoms with Gasteiger partial charge in [-0.2, -0.15) is 0 Å². The largest absolute Gasteiger partial charge is 0.251 e. The zero-order valence-electron chi connectivity index (χ0n) is 9.62. The van der Waals surface area contributed by atoms with Crippen LogP contribution in [0.5, 0.6) is 0 Å². The van der Waals surface area contributed by atoms with E-state index in [2.05, 4.69) is 24.2 Å². The van der Waals surface area contributed by atoms with Crippen LogP contribution < -0.4 is 0 Å². The molecule has 0 spiro atoms. The lowest BCUT2D eigenvalue weighted by Crippen LogP contribution is -2.05. The van der Waals surface area contributed by atoms with Gasteiger partial charge in [0.25, 0.3) is 0 Å². The summed E-state index contributed by atoms with van der Waals surface area (Å²) in [7, 11) is 0. The molecule has 1 unspecified atom stereocenters. The Balaban J connectivity index is 2.39. The van der Waals surface area contributed by atoms with Gasteiger partial charge in [-0.05, 0) is 13.3 Å².